The smallest absolute Gasteiger partial charge is 0.0622 e. The highest BCUT2D eigenvalue weighted by Gasteiger charge is 2.28. The maximum Gasteiger partial charge on any atom is 0.0622 e. The van der Waals surface area contributed by atoms with Crippen LogP contribution in [-0.4, -0.2) is 43.1 Å². The van der Waals surface area contributed by atoms with Gasteiger partial charge in [-0.25, -0.2) is 0 Å². The lowest BCUT2D eigenvalue weighted by molar-refractivity contribution is 0.127. The maximum absolute atomic E-state index is 5.43. The molecule has 0 saturated carbocycles. The molecule has 3 heteroatoms. The van der Waals surface area contributed by atoms with Crippen molar-refractivity contribution >= 4 is 15.9 Å². The monoisotopic (exact) mass is 277 g/mol. The van der Waals surface area contributed by atoms with Crippen molar-refractivity contribution in [3.63, 3.8) is 0 Å². The topological polar surface area (TPSA) is 12.5 Å². The van der Waals surface area contributed by atoms with Gasteiger partial charge in [0.05, 0.1) is 6.61 Å². The Morgan fingerprint density at radius 1 is 1.47 bits per heavy atom. The van der Waals surface area contributed by atoms with Gasteiger partial charge < -0.3 is 9.64 Å². The molecule has 0 aromatic heterocycles. The Balaban J connectivity index is 2.43. The molecule has 1 rings (SSSR count). The summed E-state index contributed by atoms with van der Waals surface area (Å²) in [7, 11) is 2.22. The molecular weight excluding hydrogens is 254 g/mol. The van der Waals surface area contributed by atoms with Gasteiger partial charge >= 0.3 is 0 Å². The van der Waals surface area contributed by atoms with Gasteiger partial charge in [-0.15, -0.1) is 0 Å². The van der Waals surface area contributed by atoms with Crippen LogP contribution in [-0.2, 0) is 4.74 Å². The molecule has 0 radical (unpaired) electrons. The molecule has 2 unspecified atom stereocenters. The quantitative estimate of drug-likeness (QED) is 0.733. The Labute approximate surface area is 102 Å². The lowest BCUT2D eigenvalue weighted by atomic mass is 9.81. The van der Waals surface area contributed by atoms with Crippen LogP contribution in [0.5, 0.6) is 0 Å². The average molecular weight is 278 g/mol. The van der Waals surface area contributed by atoms with Crippen LogP contribution in [0.2, 0.25) is 0 Å². The number of ether oxygens (including phenoxy) is 1. The Bertz CT molecular complexity index is 185. The molecule has 0 spiro atoms. The first-order valence-corrected chi connectivity index (χ1v) is 6.91. The summed E-state index contributed by atoms with van der Waals surface area (Å²) in [5, 5.41) is 1.08. The van der Waals surface area contributed by atoms with E-state index in [0.717, 1.165) is 25.1 Å². The van der Waals surface area contributed by atoms with Gasteiger partial charge in [0.15, 0.2) is 0 Å². The van der Waals surface area contributed by atoms with Gasteiger partial charge in [-0.2, -0.15) is 0 Å². The predicted molar refractivity (Wildman–Crippen MR) is 68.6 cm³/mol. The molecule has 2 atom stereocenters. The van der Waals surface area contributed by atoms with Crippen molar-refractivity contribution in [2.75, 3.05) is 32.1 Å². The minimum absolute atomic E-state index is 0.372. The zero-order chi connectivity index (χ0) is 11.5. The Kier molecular flexibility index (Phi) is 5.07. The fourth-order valence-electron chi connectivity index (χ4n) is 1.92. The summed E-state index contributed by atoms with van der Waals surface area (Å²) >= 11 is 3.63. The normalized spacial score (nSPS) is 24.8. The summed E-state index contributed by atoms with van der Waals surface area (Å²) in [6.07, 6.45) is 1.19. The third kappa shape index (κ3) is 4.04. The molecule has 1 saturated heterocycles. The molecular formula is C12H24BrNO. The van der Waals surface area contributed by atoms with E-state index >= 15 is 0 Å². The Hall–Kier alpha value is 0.400. The first kappa shape index (κ1) is 13.5. The van der Waals surface area contributed by atoms with Crippen LogP contribution < -0.4 is 0 Å². The van der Waals surface area contributed by atoms with Crippen molar-refractivity contribution in [2.24, 2.45) is 11.3 Å². The molecule has 90 valence electrons. The van der Waals surface area contributed by atoms with E-state index in [0.29, 0.717) is 17.4 Å². The predicted octanol–water partition coefficient (Wildman–Crippen LogP) is 2.76. The molecule has 0 amide bonds. The van der Waals surface area contributed by atoms with Gasteiger partial charge in [0.2, 0.25) is 0 Å². The van der Waals surface area contributed by atoms with Gasteiger partial charge in [0, 0.05) is 24.5 Å². The molecule has 0 aliphatic carbocycles. The minimum Gasteiger partial charge on any atom is -0.380 e. The lowest BCUT2D eigenvalue weighted by Crippen LogP contribution is -2.40. The maximum atomic E-state index is 5.43. The second kappa shape index (κ2) is 5.65. The van der Waals surface area contributed by atoms with Crippen LogP contribution in [0.4, 0.5) is 0 Å². The van der Waals surface area contributed by atoms with E-state index in [2.05, 4.69) is 48.6 Å². The minimum atomic E-state index is 0.372. The van der Waals surface area contributed by atoms with Crippen LogP contribution in [0.25, 0.3) is 0 Å². The molecule has 1 fully saturated rings. The fraction of sp³-hybridized carbons (Fsp3) is 1.00. The van der Waals surface area contributed by atoms with Crippen LogP contribution in [0.3, 0.4) is 0 Å². The average Bonchev–Trinajstić information content (AvgIpc) is 2.64. The van der Waals surface area contributed by atoms with E-state index in [1.165, 1.54) is 6.42 Å². The zero-order valence-electron chi connectivity index (χ0n) is 10.4. The molecule has 1 aliphatic rings. The number of alkyl halides is 1. The zero-order valence-corrected chi connectivity index (χ0v) is 12.0. The SMILES string of the molecule is CN(CC(CBr)C(C)(C)C)C1CCOC1. The van der Waals surface area contributed by atoms with Crippen LogP contribution in [0.1, 0.15) is 27.2 Å². The summed E-state index contributed by atoms with van der Waals surface area (Å²) in [6.45, 7) is 9.95. The van der Waals surface area contributed by atoms with E-state index in [1.807, 2.05) is 0 Å². The van der Waals surface area contributed by atoms with E-state index in [4.69, 9.17) is 4.74 Å². The van der Waals surface area contributed by atoms with Gasteiger partial charge in [-0.1, -0.05) is 36.7 Å². The summed E-state index contributed by atoms with van der Waals surface area (Å²) < 4.78 is 5.43. The molecule has 2 nitrogen and oxygen atoms in total. The van der Waals surface area contributed by atoms with E-state index in [9.17, 15) is 0 Å². The van der Waals surface area contributed by atoms with Crippen molar-refractivity contribution in [2.45, 2.75) is 33.2 Å². The summed E-state index contributed by atoms with van der Waals surface area (Å²) in [6, 6.07) is 0.633. The highest BCUT2D eigenvalue weighted by molar-refractivity contribution is 9.09. The molecule has 0 aromatic rings. The molecule has 0 N–H and O–H groups in total. The van der Waals surface area contributed by atoms with E-state index < -0.39 is 0 Å². The molecule has 15 heavy (non-hydrogen) atoms. The van der Waals surface area contributed by atoms with E-state index in [1.54, 1.807) is 0 Å². The van der Waals surface area contributed by atoms with Crippen LogP contribution in [0, 0.1) is 11.3 Å². The van der Waals surface area contributed by atoms with Crippen molar-refractivity contribution in [1.29, 1.82) is 0 Å². The number of halogens is 1. The van der Waals surface area contributed by atoms with Gasteiger partial charge in [0.25, 0.3) is 0 Å². The highest BCUT2D eigenvalue weighted by Crippen LogP contribution is 2.29. The van der Waals surface area contributed by atoms with Gasteiger partial charge in [-0.3, -0.25) is 0 Å². The Morgan fingerprint density at radius 3 is 2.53 bits per heavy atom. The highest BCUT2D eigenvalue weighted by atomic mass is 79.9. The molecule has 0 bridgehead atoms. The number of hydrogen-bond acceptors (Lipinski definition) is 2. The van der Waals surface area contributed by atoms with Crippen molar-refractivity contribution in [3.8, 4) is 0 Å². The third-order valence-electron chi connectivity index (χ3n) is 3.45. The number of likely N-dealkylation sites (N-methyl/N-ethyl adjacent to an activating group) is 1. The van der Waals surface area contributed by atoms with Crippen molar-refractivity contribution < 1.29 is 4.74 Å². The van der Waals surface area contributed by atoms with Crippen LogP contribution >= 0.6 is 15.9 Å². The number of nitrogens with zero attached hydrogens (tertiary/aromatic N) is 1. The lowest BCUT2D eigenvalue weighted by Gasteiger charge is -2.34. The first-order chi connectivity index (χ1) is 6.95. The van der Waals surface area contributed by atoms with Crippen LogP contribution in [0.15, 0.2) is 0 Å². The summed E-state index contributed by atoms with van der Waals surface area (Å²) in [5.41, 5.74) is 0.372. The van der Waals surface area contributed by atoms with Crippen molar-refractivity contribution in [3.05, 3.63) is 0 Å². The molecule has 1 heterocycles. The van der Waals surface area contributed by atoms with Gasteiger partial charge in [-0.05, 0) is 24.8 Å². The second-order valence-electron chi connectivity index (χ2n) is 5.67. The fourth-order valence-corrected chi connectivity index (χ4v) is 3.10. The Morgan fingerprint density at radius 2 is 2.13 bits per heavy atom. The number of hydrogen-bond donors (Lipinski definition) is 0. The van der Waals surface area contributed by atoms with Crippen molar-refractivity contribution in [1.82, 2.24) is 4.90 Å². The molecule has 1 aliphatic heterocycles. The third-order valence-corrected chi connectivity index (χ3v) is 4.23. The largest absolute Gasteiger partial charge is 0.380 e. The van der Waals surface area contributed by atoms with Gasteiger partial charge in [0.1, 0.15) is 0 Å². The summed E-state index contributed by atoms with van der Waals surface area (Å²) in [4.78, 5) is 2.46. The molecule has 0 aromatic carbocycles. The number of rotatable bonds is 4. The first-order valence-electron chi connectivity index (χ1n) is 5.79. The summed E-state index contributed by atoms with van der Waals surface area (Å²) in [5.74, 6) is 0.697. The standard InChI is InChI=1S/C12H24BrNO/c1-12(2,3)10(7-13)8-14(4)11-5-6-15-9-11/h10-11H,5-9H2,1-4H3. The van der Waals surface area contributed by atoms with E-state index in [-0.39, 0.29) is 0 Å². The second-order valence-corrected chi connectivity index (χ2v) is 6.32.